The average Bonchev–Trinajstić information content (AvgIpc) is 2.78. The van der Waals surface area contributed by atoms with Gasteiger partial charge in [0.15, 0.2) is 0 Å². The summed E-state index contributed by atoms with van der Waals surface area (Å²) < 4.78 is 1.57. The topological polar surface area (TPSA) is 61.9 Å². The van der Waals surface area contributed by atoms with Crippen LogP contribution in [0.4, 0.5) is 0 Å². The summed E-state index contributed by atoms with van der Waals surface area (Å²) in [6, 6.07) is 2.99. The highest BCUT2D eigenvalue weighted by molar-refractivity contribution is 5.80. The van der Waals surface area contributed by atoms with Gasteiger partial charge in [-0.3, -0.25) is 9.48 Å². The van der Waals surface area contributed by atoms with E-state index in [1.54, 1.807) is 44.0 Å². The second-order valence-electron chi connectivity index (χ2n) is 3.42. The molecule has 1 aromatic rings. The van der Waals surface area contributed by atoms with E-state index < -0.39 is 6.04 Å². The molecule has 0 saturated heterocycles. The average molecular weight is 206 g/mol. The number of rotatable bonds is 3. The molecule has 1 aromatic heterocycles. The molecule has 0 saturated carbocycles. The van der Waals surface area contributed by atoms with E-state index in [0.29, 0.717) is 0 Å². The molecule has 0 aliphatic heterocycles. The zero-order valence-electron chi connectivity index (χ0n) is 9.08. The summed E-state index contributed by atoms with van der Waals surface area (Å²) in [6.45, 7) is 3.45. The van der Waals surface area contributed by atoms with Gasteiger partial charge in [0.05, 0.1) is 6.07 Å². The van der Waals surface area contributed by atoms with Crippen LogP contribution in [0.15, 0.2) is 18.5 Å². The molecule has 1 rings (SSSR count). The van der Waals surface area contributed by atoms with Gasteiger partial charge in [-0.2, -0.15) is 10.4 Å². The smallest absolute Gasteiger partial charge is 0.247 e. The Labute approximate surface area is 88.9 Å². The molecule has 2 unspecified atom stereocenters. The van der Waals surface area contributed by atoms with Crippen LogP contribution >= 0.6 is 0 Å². The second kappa shape index (κ2) is 4.60. The Kier molecular flexibility index (Phi) is 3.45. The molecule has 1 heterocycles. The predicted octanol–water partition coefficient (Wildman–Crippen LogP) is 0.815. The quantitative estimate of drug-likeness (QED) is 0.735. The summed E-state index contributed by atoms with van der Waals surface area (Å²) in [4.78, 5) is 13.3. The molecule has 2 atom stereocenters. The molecular formula is C10H14N4O. The third-order valence-electron chi connectivity index (χ3n) is 2.39. The monoisotopic (exact) mass is 206 g/mol. The summed E-state index contributed by atoms with van der Waals surface area (Å²) in [5.74, 6) is -0.118. The van der Waals surface area contributed by atoms with Crippen molar-refractivity contribution >= 4 is 5.91 Å². The number of aromatic nitrogens is 2. The normalized spacial score (nSPS) is 14.0. The van der Waals surface area contributed by atoms with E-state index in [4.69, 9.17) is 5.26 Å². The minimum absolute atomic E-state index is 0.118. The van der Waals surface area contributed by atoms with Crippen LogP contribution in [0.2, 0.25) is 0 Å². The number of hydrogen-bond donors (Lipinski definition) is 0. The Hall–Kier alpha value is -1.83. The molecule has 5 heteroatoms. The van der Waals surface area contributed by atoms with E-state index in [1.807, 2.05) is 6.07 Å². The third-order valence-corrected chi connectivity index (χ3v) is 2.39. The van der Waals surface area contributed by atoms with E-state index >= 15 is 0 Å². The van der Waals surface area contributed by atoms with Crippen LogP contribution in [0.25, 0.3) is 0 Å². The maximum absolute atomic E-state index is 11.9. The lowest BCUT2D eigenvalue weighted by Gasteiger charge is -2.23. The number of hydrogen-bond acceptors (Lipinski definition) is 3. The van der Waals surface area contributed by atoms with Crippen molar-refractivity contribution in [2.75, 3.05) is 7.05 Å². The van der Waals surface area contributed by atoms with Gasteiger partial charge >= 0.3 is 0 Å². The molecule has 80 valence electrons. The molecule has 0 fully saturated rings. The van der Waals surface area contributed by atoms with Gasteiger partial charge < -0.3 is 4.90 Å². The number of carbonyl (C=O) groups excluding carboxylic acids is 1. The number of nitrogens with zero attached hydrogens (tertiary/aromatic N) is 4. The highest BCUT2D eigenvalue weighted by Gasteiger charge is 2.22. The SMILES string of the molecule is CC(C#N)N(C)C(=O)C(C)n1cccn1. The molecule has 15 heavy (non-hydrogen) atoms. The molecule has 5 nitrogen and oxygen atoms in total. The first kappa shape index (κ1) is 11.2. The summed E-state index contributed by atoms with van der Waals surface area (Å²) in [7, 11) is 1.62. The van der Waals surface area contributed by atoms with E-state index in [-0.39, 0.29) is 11.9 Å². The summed E-state index contributed by atoms with van der Waals surface area (Å²) in [6.07, 6.45) is 3.35. The lowest BCUT2D eigenvalue weighted by Crippen LogP contribution is -2.38. The van der Waals surface area contributed by atoms with Crippen molar-refractivity contribution in [2.24, 2.45) is 0 Å². The van der Waals surface area contributed by atoms with Crippen molar-refractivity contribution in [1.82, 2.24) is 14.7 Å². The van der Waals surface area contributed by atoms with Crippen molar-refractivity contribution in [3.63, 3.8) is 0 Å². The minimum Gasteiger partial charge on any atom is -0.328 e. The molecule has 0 bridgehead atoms. The number of amides is 1. The highest BCUT2D eigenvalue weighted by atomic mass is 16.2. The summed E-state index contributed by atoms with van der Waals surface area (Å²) >= 11 is 0. The molecule has 0 aliphatic carbocycles. The van der Waals surface area contributed by atoms with Crippen molar-refractivity contribution in [2.45, 2.75) is 25.9 Å². The number of carbonyl (C=O) groups is 1. The molecule has 0 aliphatic rings. The van der Waals surface area contributed by atoms with Crippen molar-refractivity contribution < 1.29 is 4.79 Å². The molecule has 1 amide bonds. The summed E-state index contributed by atoms with van der Waals surface area (Å²) in [5, 5.41) is 12.7. The summed E-state index contributed by atoms with van der Waals surface area (Å²) in [5.41, 5.74) is 0. The number of nitriles is 1. The van der Waals surface area contributed by atoms with Crippen LogP contribution in [-0.2, 0) is 4.79 Å². The van der Waals surface area contributed by atoms with Crippen LogP contribution in [0.3, 0.4) is 0 Å². The first-order valence-electron chi connectivity index (χ1n) is 4.73. The van der Waals surface area contributed by atoms with Gasteiger partial charge in [0.25, 0.3) is 0 Å². The van der Waals surface area contributed by atoms with Crippen LogP contribution in [-0.4, -0.2) is 33.7 Å². The van der Waals surface area contributed by atoms with Gasteiger partial charge in [0.2, 0.25) is 5.91 Å². The van der Waals surface area contributed by atoms with Crippen LogP contribution in [0.1, 0.15) is 19.9 Å². The zero-order chi connectivity index (χ0) is 11.4. The second-order valence-corrected chi connectivity index (χ2v) is 3.42. The van der Waals surface area contributed by atoms with Crippen molar-refractivity contribution in [1.29, 1.82) is 5.26 Å². The standard InChI is InChI=1S/C10H14N4O/c1-8(7-11)13(3)10(15)9(2)14-6-4-5-12-14/h4-6,8-9H,1-3H3. The Morgan fingerprint density at radius 2 is 2.27 bits per heavy atom. The Morgan fingerprint density at radius 3 is 2.73 bits per heavy atom. The fourth-order valence-corrected chi connectivity index (χ4v) is 1.20. The van der Waals surface area contributed by atoms with Gasteiger partial charge in [0.1, 0.15) is 12.1 Å². The Balaban J connectivity index is 2.74. The molecule has 0 aromatic carbocycles. The van der Waals surface area contributed by atoms with Gasteiger partial charge in [-0.15, -0.1) is 0 Å². The highest BCUT2D eigenvalue weighted by Crippen LogP contribution is 2.09. The van der Waals surface area contributed by atoms with Crippen LogP contribution < -0.4 is 0 Å². The van der Waals surface area contributed by atoms with Crippen molar-refractivity contribution in [3.05, 3.63) is 18.5 Å². The fourth-order valence-electron chi connectivity index (χ4n) is 1.20. The van der Waals surface area contributed by atoms with E-state index in [1.165, 1.54) is 4.90 Å². The predicted molar refractivity (Wildman–Crippen MR) is 54.8 cm³/mol. The lowest BCUT2D eigenvalue weighted by atomic mass is 10.2. The molecule has 0 spiro atoms. The Bertz CT molecular complexity index is 365. The fraction of sp³-hybridized carbons (Fsp3) is 0.500. The van der Waals surface area contributed by atoms with E-state index in [2.05, 4.69) is 5.10 Å². The Morgan fingerprint density at radius 1 is 1.60 bits per heavy atom. The number of likely N-dealkylation sites (N-methyl/N-ethyl adjacent to an activating group) is 1. The van der Waals surface area contributed by atoms with E-state index in [0.717, 1.165) is 0 Å². The van der Waals surface area contributed by atoms with Gasteiger partial charge in [-0.05, 0) is 19.9 Å². The largest absolute Gasteiger partial charge is 0.328 e. The molecular weight excluding hydrogens is 192 g/mol. The van der Waals surface area contributed by atoms with Gasteiger partial charge in [0, 0.05) is 19.4 Å². The van der Waals surface area contributed by atoms with Gasteiger partial charge in [-0.1, -0.05) is 0 Å². The van der Waals surface area contributed by atoms with Crippen LogP contribution in [0.5, 0.6) is 0 Å². The first-order chi connectivity index (χ1) is 7.07. The maximum Gasteiger partial charge on any atom is 0.247 e. The third kappa shape index (κ3) is 2.34. The lowest BCUT2D eigenvalue weighted by molar-refractivity contribution is -0.134. The van der Waals surface area contributed by atoms with Crippen LogP contribution in [0, 0.1) is 11.3 Å². The van der Waals surface area contributed by atoms with Crippen molar-refractivity contribution in [3.8, 4) is 6.07 Å². The minimum atomic E-state index is -0.421. The zero-order valence-corrected chi connectivity index (χ0v) is 9.08. The maximum atomic E-state index is 11.9. The molecule has 0 N–H and O–H groups in total. The molecule has 0 radical (unpaired) electrons. The first-order valence-corrected chi connectivity index (χ1v) is 4.73. The van der Waals surface area contributed by atoms with Gasteiger partial charge in [-0.25, -0.2) is 0 Å². The van der Waals surface area contributed by atoms with E-state index in [9.17, 15) is 4.79 Å².